The zero-order valence-electron chi connectivity index (χ0n) is 16.5. The van der Waals surface area contributed by atoms with E-state index in [2.05, 4.69) is 15.0 Å². The first-order chi connectivity index (χ1) is 14.3. The number of aromatic nitrogens is 3. The maximum absolute atomic E-state index is 13.7. The molecule has 1 fully saturated rings. The van der Waals surface area contributed by atoms with Gasteiger partial charge in [-0.25, -0.2) is 15.0 Å². The lowest BCUT2D eigenvalue weighted by atomic mass is 9.85. The van der Waals surface area contributed by atoms with Gasteiger partial charge in [-0.05, 0) is 37.5 Å². The molecule has 3 aromatic rings. The summed E-state index contributed by atoms with van der Waals surface area (Å²) >= 11 is 0.795. The molecule has 0 radical (unpaired) electrons. The summed E-state index contributed by atoms with van der Waals surface area (Å²) in [6.07, 6.45) is 0.703. The molecule has 0 saturated heterocycles. The summed E-state index contributed by atoms with van der Waals surface area (Å²) in [6.45, 7) is 1.82. The molecule has 30 heavy (non-hydrogen) atoms. The number of carbonyl (C=O) groups is 1. The van der Waals surface area contributed by atoms with E-state index in [-0.39, 0.29) is 15.8 Å². The van der Waals surface area contributed by atoms with Crippen LogP contribution < -0.4 is 4.74 Å². The Hall–Kier alpha value is -2.55. The normalized spacial score (nSPS) is 15.5. The number of nitrogens with zero attached hydrogens (tertiary/aromatic N) is 3. The molecule has 4 rings (SSSR count). The predicted molar refractivity (Wildman–Crippen MR) is 108 cm³/mol. The average Bonchev–Trinajstić information content (AvgIpc) is 3.18. The summed E-state index contributed by atoms with van der Waals surface area (Å²) in [6, 6.07) is 3.50. The summed E-state index contributed by atoms with van der Waals surface area (Å²) in [5.74, 6) is -0.510. The molecule has 5 nitrogen and oxygen atoms in total. The van der Waals surface area contributed by atoms with E-state index in [0.717, 1.165) is 36.2 Å². The first-order valence-corrected chi connectivity index (χ1v) is 10.5. The maximum Gasteiger partial charge on any atom is 0.434 e. The third-order valence-electron chi connectivity index (χ3n) is 5.30. The molecule has 0 bridgehead atoms. The number of thiazole rings is 1. The quantitative estimate of drug-likeness (QED) is 0.481. The monoisotopic (exact) mass is 435 g/mol. The van der Waals surface area contributed by atoms with Gasteiger partial charge in [0.2, 0.25) is 5.88 Å². The van der Waals surface area contributed by atoms with Crippen molar-refractivity contribution in [1.29, 1.82) is 0 Å². The second-order valence-electron chi connectivity index (χ2n) is 7.49. The molecule has 1 aliphatic rings. The van der Waals surface area contributed by atoms with Gasteiger partial charge in [-0.15, -0.1) is 11.3 Å². The van der Waals surface area contributed by atoms with Gasteiger partial charge in [0.05, 0.1) is 24.3 Å². The Kier molecular flexibility index (Phi) is 5.48. The lowest BCUT2D eigenvalue weighted by Crippen LogP contribution is -2.20. The van der Waals surface area contributed by atoms with Gasteiger partial charge in [0.15, 0.2) is 11.5 Å². The number of benzene rings is 1. The standard InChI is InChI=1S/C21H20F3N3O2S/c1-11-8-13(16-14(9-11)26-15(29-2)10-25-16)20-27-19(21(22,23)24)18(30-20)17(28)12-6-4-3-5-7-12/h8-10,12H,3-7H2,1-2H3. The van der Waals surface area contributed by atoms with Crippen molar-refractivity contribution in [3.8, 4) is 16.5 Å². The lowest BCUT2D eigenvalue weighted by Gasteiger charge is -2.20. The Morgan fingerprint density at radius 3 is 2.57 bits per heavy atom. The van der Waals surface area contributed by atoms with Crippen LogP contribution in [-0.2, 0) is 6.18 Å². The summed E-state index contributed by atoms with van der Waals surface area (Å²) in [4.78, 5) is 25.2. The van der Waals surface area contributed by atoms with Crippen molar-refractivity contribution in [2.75, 3.05) is 7.11 Å². The van der Waals surface area contributed by atoms with Gasteiger partial charge in [0.25, 0.3) is 0 Å². The van der Waals surface area contributed by atoms with Crippen LogP contribution in [0.2, 0.25) is 0 Å². The molecule has 2 heterocycles. The molecule has 1 aromatic carbocycles. The number of Topliss-reactive ketones (excluding diaryl/α,β-unsaturated/α-hetero) is 1. The van der Waals surface area contributed by atoms with E-state index in [1.54, 1.807) is 12.1 Å². The number of ketones is 1. The number of alkyl halides is 3. The van der Waals surface area contributed by atoms with Crippen LogP contribution in [0.25, 0.3) is 21.6 Å². The second-order valence-corrected chi connectivity index (χ2v) is 8.49. The Labute approximate surface area is 175 Å². The zero-order chi connectivity index (χ0) is 21.5. The van der Waals surface area contributed by atoms with Crippen molar-refractivity contribution in [3.05, 3.63) is 34.5 Å². The summed E-state index contributed by atoms with van der Waals surface area (Å²) < 4.78 is 46.3. The molecule has 0 aliphatic heterocycles. The minimum absolute atomic E-state index is 0.120. The molecular formula is C21H20F3N3O2S. The highest BCUT2D eigenvalue weighted by atomic mass is 32.1. The number of halogens is 3. The smallest absolute Gasteiger partial charge is 0.434 e. The maximum atomic E-state index is 13.7. The molecule has 2 aromatic heterocycles. The highest BCUT2D eigenvalue weighted by Gasteiger charge is 2.41. The van der Waals surface area contributed by atoms with Crippen LogP contribution in [0.5, 0.6) is 5.88 Å². The number of fused-ring (bicyclic) bond motifs is 1. The summed E-state index contributed by atoms with van der Waals surface area (Å²) in [7, 11) is 1.46. The highest BCUT2D eigenvalue weighted by Crippen LogP contribution is 2.41. The Morgan fingerprint density at radius 1 is 1.17 bits per heavy atom. The van der Waals surface area contributed by atoms with Crippen LogP contribution in [0.15, 0.2) is 18.3 Å². The van der Waals surface area contributed by atoms with Crippen LogP contribution in [0, 0.1) is 12.8 Å². The van der Waals surface area contributed by atoms with Gasteiger partial charge < -0.3 is 4.74 Å². The third-order valence-corrected chi connectivity index (χ3v) is 6.41. The van der Waals surface area contributed by atoms with E-state index in [1.165, 1.54) is 13.3 Å². The SMILES string of the molecule is COc1cnc2c(-c3nc(C(F)(F)F)c(C(=O)C4CCCCC4)s3)cc(C)cc2n1. The van der Waals surface area contributed by atoms with Crippen molar-refractivity contribution < 1.29 is 22.7 Å². The molecular weight excluding hydrogens is 415 g/mol. The second kappa shape index (κ2) is 7.94. The van der Waals surface area contributed by atoms with Gasteiger partial charge in [-0.2, -0.15) is 13.2 Å². The topological polar surface area (TPSA) is 65.0 Å². The minimum Gasteiger partial charge on any atom is -0.480 e. The van der Waals surface area contributed by atoms with Crippen molar-refractivity contribution >= 4 is 28.2 Å². The molecule has 9 heteroatoms. The highest BCUT2D eigenvalue weighted by molar-refractivity contribution is 7.17. The van der Waals surface area contributed by atoms with Gasteiger partial charge in [-0.1, -0.05) is 19.3 Å². The number of methoxy groups -OCH3 is 1. The number of rotatable bonds is 4. The molecule has 0 N–H and O–H groups in total. The molecule has 0 atom stereocenters. The molecule has 1 saturated carbocycles. The van der Waals surface area contributed by atoms with Crippen LogP contribution in [0.3, 0.4) is 0 Å². The van der Waals surface area contributed by atoms with Gasteiger partial charge in [0, 0.05) is 11.5 Å². The van der Waals surface area contributed by atoms with Crippen molar-refractivity contribution in [2.45, 2.75) is 45.2 Å². The molecule has 0 amide bonds. The van der Waals surface area contributed by atoms with Crippen LogP contribution in [-0.4, -0.2) is 27.8 Å². The summed E-state index contributed by atoms with van der Waals surface area (Å²) in [5.41, 5.74) is 1.03. The largest absolute Gasteiger partial charge is 0.480 e. The average molecular weight is 435 g/mol. The Morgan fingerprint density at radius 2 is 1.90 bits per heavy atom. The van der Waals surface area contributed by atoms with E-state index >= 15 is 0 Å². The fourth-order valence-electron chi connectivity index (χ4n) is 3.85. The van der Waals surface area contributed by atoms with E-state index < -0.39 is 17.7 Å². The zero-order valence-corrected chi connectivity index (χ0v) is 17.4. The summed E-state index contributed by atoms with van der Waals surface area (Å²) in [5, 5.41) is 0.120. The van der Waals surface area contributed by atoms with Crippen LogP contribution in [0.1, 0.15) is 53.0 Å². The molecule has 0 spiro atoms. The van der Waals surface area contributed by atoms with E-state index in [4.69, 9.17) is 4.74 Å². The molecule has 0 unspecified atom stereocenters. The van der Waals surface area contributed by atoms with Crippen LogP contribution in [0.4, 0.5) is 13.2 Å². The first kappa shape index (κ1) is 20.7. The van der Waals surface area contributed by atoms with E-state index in [9.17, 15) is 18.0 Å². The molecule has 158 valence electrons. The van der Waals surface area contributed by atoms with Crippen LogP contribution >= 0.6 is 11.3 Å². The number of aryl methyl sites for hydroxylation is 1. The van der Waals surface area contributed by atoms with Crippen molar-refractivity contribution in [1.82, 2.24) is 15.0 Å². The third kappa shape index (κ3) is 3.90. The number of hydrogen-bond donors (Lipinski definition) is 0. The minimum atomic E-state index is -4.71. The lowest BCUT2D eigenvalue weighted by molar-refractivity contribution is -0.141. The Balaban J connectivity index is 1.86. The first-order valence-electron chi connectivity index (χ1n) is 9.72. The number of ether oxygens (including phenoxy) is 1. The fraction of sp³-hybridized carbons (Fsp3) is 0.429. The Bertz CT molecular complexity index is 1100. The number of carbonyl (C=O) groups excluding carboxylic acids is 1. The van der Waals surface area contributed by atoms with Gasteiger partial charge in [0.1, 0.15) is 9.88 Å². The molecule has 1 aliphatic carbocycles. The predicted octanol–water partition coefficient (Wildman–Crippen LogP) is 5.85. The van der Waals surface area contributed by atoms with Gasteiger partial charge >= 0.3 is 6.18 Å². The van der Waals surface area contributed by atoms with E-state index in [1.807, 2.05) is 6.92 Å². The van der Waals surface area contributed by atoms with Crippen molar-refractivity contribution in [2.24, 2.45) is 5.92 Å². The fourth-order valence-corrected chi connectivity index (χ4v) is 4.98. The van der Waals surface area contributed by atoms with Crippen molar-refractivity contribution in [3.63, 3.8) is 0 Å². The van der Waals surface area contributed by atoms with Gasteiger partial charge in [-0.3, -0.25) is 4.79 Å². The van der Waals surface area contributed by atoms with E-state index in [0.29, 0.717) is 35.3 Å². The number of hydrogen-bond acceptors (Lipinski definition) is 6.